The lowest BCUT2D eigenvalue weighted by atomic mass is 9.90. The predicted molar refractivity (Wildman–Crippen MR) is 88.6 cm³/mol. The number of benzene rings is 1. The summed E-state index contributed by atoms with van der Waals surface area (Å²) < 4.78 is 12.4. The van der Waals surface area contributed by atoms with Crippen molar-refractivity contribution in [3.8, 4) is 11.5 Å². The molecular weight excluding hydrogens is 276 g/mol. The molecule has 0 aliphatic carbocycles. The van der Waals surface area contributed by atoms with E-state index in [1.807, 2.05) is 6.07 Å². The van der Waals surface area contributed by atoms with E-state index in [4.69, 9.17) is 15.2 Å². The van der Waals surface area contributed by atoms with Crippen molar-refractivity contribution in [2.75, 3.05) is 32.8 Å². The zero-order valence-corrected chi connectivity index (χ0v) is 13.6. The van der Waals surface area contributed by atoms with E-state index in [0.717, 1.165) is 76.4 Å². The fourth-order valence-electron chi connectivity index (χ4n) is 3.57. The maximum atomic E-state index is 6.44. The van der Waals surface area contributed by atoms with Crippen molar-refractivity contribution in [2.24, 2.45) is 5.73 Å². The summed E-state index contributed by atoms with van der Waals surface area (Å²) in [7, 11) is 0. The average molecular weight is 304 g/mol. The molecule has 0 amide bonds. The Hall–Kier alpha value is -1.26. The van der Waals surface area contributed by atoms with Gasteiger partial charge < -0.3 is 15.2 Å². The molecule has 2 aliphatic rings. The summed E-state index contributed by atoms with van der Waals surface area (Å²) in [5, 5.41) is 0. The first-order valence-electron chi connectivity index (χ1n) is 8.62. The van der Waals surface area contributed by atoms with Gasteiger partial charge in [-0.1, -0.05) is 19.4 Å². The molecule has 2 heterocycles. The summed E-state index contributed by atoms with van der Waals surface area (Å²) in [6.07, 6.45) is 5.49. The van der Waals surface area contributed by atoms with Crippen molar-refractivity contribution in [1.82, 2.24) is 4.90 Å². The minimum atomic E-state index is -0.00971. The molecule has 0 aromatic heterocycles. The average Bonchev–Trinajstić information content (AvgIpc) is 2.90. The molecule has 1 aromatic carbocycles. The number of ether oxygens (including phenoxy) is 2. The maximum Gasteiger partial charge on any atom is 0.127 e. The molecule has 1 fully saturated rings. The lowest BCUT2D eigenvalue weighted by molar-refractivity contribution is 0.0538. The van der Waals surface area contributed by atoms with Crippen LogP contribution in [-0.4, -0.2) is 43.3 Å². The molecule has 0 bridgehead atoms. The number of hydrogen-bond acceptors (Lipinski definition) is 4. The third-order valence-electron chi connectivity index (χ3n) is 4.84. The fourth-order valence-corrected chi connectivity index (χ4v) is 3.57. The van der Waals surface area contributed by atoms with Crippen LogP contribution >= 0.6 is 0 Å². The molecule has 1 unspecified atom stereocenters. The van der Waals surface area contributed by atoms with Crippen LogP contribution in [0.5, 0.6) is 11.5 Å². The van der Waals surface area contributed by atoms with Gasteiger partial charge in [-0.3, -0.25) is 4.90 Å². The van der Waals surface area contributed by atoms with Gasteiger partial charge in [-0.05, 0) is 31.4 Å². The first-order valence-corrected chi connectivity index (χ1v) is 8.62. The van der Waals surface area contributed by atoms with Crippen LogP contribution in [0.4, 0.5) is 0 Å². The summed E-state index contributed by atoms with van der Waals surface area (Å²) in [5.74, 6) is 2.03. The topological polar surface area (TPSA) is 47.7 Å². The lowest BCUT2D eigenvalue weighted by Gasteiger charge is -2.36. The summed E-state index contributed by atoms with van der Waals surface area (Å²) in [4.78, 5) is 2.42. The van der Waals surface area contributed by atoms with Crippen molar-refractivity contribution >= 4 is 0 Å². The van der Waals surface area contributed by atoms with Crippen LogP contribution in [0, 0.1) is 0 Å². The molecule has 0 radical (unpaired) electrons. The van der Waals surface area contributed by atoms with Crippen LogP contribution in [0.3, 0.4) is 0 Å². The molecule has 2 N–H and O–H groups in total. The highest BCUT2D eigenvalue weighted by Gasteiger charge is 2.42. The minimum absolute atomic E-state index is 0.00971. The highest BCUT2D eigenvalue weighted by molar-refractivity contribution is 5.46. The van der Waals surface area contributed by atoms with Gasteiger partial charge in [0.1, 0.15) is 17.1 Å². The Morgan fingerprint density at radius 1 is 1.36 bits per heavy atom. The Morgan fingerprint density at radius 3 is 3.09 bits per heavy atom. The van der Waals surface area contributed by atoms with E-state index >= 15 is 0 Å². The van der Waals surface area contributed by atoms with E-state index in [9.17, 15) is 0 Å². The van der Waals surface area contributed by atoms with Crippen molar-refractivity contribution in [3.05, 3.63) is 23.8 Å². The van der Waals surface area contributed by atoms with Crippen LogP contribution in [0.2, 0.25) is 0 Å². The van der Waals surface area contributed by atoms with E-state index in [-0.39, 0.29) is 5.60 Å². The summed E-state index contributed by atoms with van der Waals surface area (Å²) in [5.41, 5.74) is 6.92. The van der Waals surface area contributed by atoms with E-state index in [1.54, 1.807) is 0 Å². The monoisotopic (exact) mass is 304 g/mol. The molecule has 1 atom stereocenters. The summed E-state index contributed by atoms with van der Waals surface area (Å²) >= 11 is 0. The highest BCUT2D eigenvalue weighted by Crippen LogP contribution is 2.42. The van der Waals surface area contributed by atoms with Gasteiger partial charge in [-0.25, -0.2) is 0 Å². The number of rotatable bonds is 6. The van der Waals surface area contributed by atoms with Crippen molar-refractivity contribution in [1.29, 1.82) is 0 Å². The van der Waals surface area contributed by atoms with Crippen LogP contribution in [0.15, 0.2) is 18.2 Å². The standard InChI is InChI=1S/C18H28N2O2/c1-2-3-13-21-16-5-4-6-17-15(16)7-8-18(22-17)9-11-20(14-18)12-10-19/h4-6H,2-3,7-14,19H2,1H3. The van der Waals surface area contributed by atoms with Gasteiger partial charge in [0.05, 0.1) is 6.61 Å². The van der Waals surface area contributed by atoms with Crippen LogP contribution < -0.4 is 15.2 Å². The summed E-state index contributed by atoms with van der Waals surface area (Å²) in [6, 6.07) is 6.21. The minimum Gasteiger partial charge on any atom is -0.493 e. The van der Waals surface area contributed by atoms with Crippen molar-refractivity contribution in [3.63, 3.8) is 0 Å². The van der Waals surface area contributed by atoms with Gasteiger partial charge in [0, 0.05) is 38.2 Å². The van der Waals surface area contributed by atoms with Gasteiger partial charge in [-0.2, -0.15) is 0 Å². The SMILES string of the molecule is CCCCOc1cccc2c1CCC1(CCN(CCN)C1)O2. The molecule has 1 saturated heterocycles. The molecule has 3 rings (SSSR count). The van der Waals surface area contributed by atoms with Crippen molar-refractivity contribution < 1.29 is 9.47 Å². The quantitative estimate of drug-likeness (QED) is 0.821. The normalized spacial score (nSPS) is 24.3. The molecule has 22 heavy (non-hydrogen) atoms. The molecule has 0 saturated carbocycles. The number of likely N-dealkylation sites (tertiary alicyclic amines) is 1. The van der Waals surface area contributed by atoms with Crippen LogP contribution in [-0.2, 0) is 6.42 Å². The van der Waals surface area contributed by atoms with Gasteiger partial charge in [0.25, 0.3) is 0 Å². The first kappa shape index (κ1) is 15.6. The van der Waals surface area contributed by atoms with Crippen LogP contribution in [0.1, 0.15) is 38.2 Å². The zero-order valence-electron chi connectivity index (χ0n) is 13.6. The number of fused-ring (bicyclic) bond motifs is 1. The van der Waals surface area contributed by atoms with E-state index in [2.05, 4.69) is 24.0 Å². The molecule has 2 aliphatic heterocycles. The molecule has 122 valence electrons. The smallest absolute Gasteiger partial charge is 0.127 e. The second-order valence-corrected chi connectivity index (χ2v) is 6.53. The van der Waals surface area contributed by atoms with Crippen LogP contribution in [0.25, 0.3) is 0 Å². The Labute approximate surface area is 133 Å². The molecule has 4 heteroatoms. The van der Waals surface area contributed by atoms with Gasteiger partial charge in [0.2, 0.25) is 0 Å². The molecule has 1 spiro atoms. The van der Waals surface area contributed by atoms with E-state index in [1.165, 1.54) is 5.56 Å². The zero-order chi connectivity index (χ0) is 15.4. The van der Waals surface area contributed by atoms with E-state index in [0.29, 0.717) is 0 Å². The van der Waals surface area contributed by atoms with Gasteiger partial charge in [0.15, 0.2) is 0 Å². The number of hydrogen-bond donors (Lipinski definition) is 1. The Morgan fingerprint density at radius 2 is 2.27 bits per heavy atom. The molecular formula is C18H28N2O2. The van der Waals surface area contributed by atoms with E-state index < -0.39 is 0 Å². The third kappa shape index (κ3) is 3.23. The Bertz CT molecular complexity index is 506. The number of nitrogens with two attached hydrogens (primary N) is 1. The fraction of sp³-hybridized carbons (Fsp3) is 0.667. The first-order chi connectivity index (χ1) is 10.8. The second-order valence-electron chi connectivity index (χ2n) is 6.53. The Kier molecular flexibility index (Phi) is 4.89. The second kappa shape index (κ2) is 6.88. The summed E-state index contributed by atoms with van der Waals surface area (Å²) in [6.45, 7) is 6.77. The predicted octanol–water partition coefficient (Wildman–Crippen LogP) is 2.59. The molecule has 4 nitrogen and oxygen atoms in total. The molecule has 1 aromatic rings. The van der Waals surface area contributed by atoms with Gasteiger partial charge in [-0.15, -0.1) is 0 Å². The van der Waals surface area contributed by atoms with Crippen molar-refractivity contribution in [2.45, 2.75) is 44.6 Å². The number of unbranched alkanes of at least 4 members (excludes halogenated alkanes) is 1. The Balaban J connectivity index is 1.70. The lowest BCUT2D eigenvalue weighted by Crippen LogP contribution is -2.43. The third-order valence-corrected chi connectivity index (χ3v) is 4.84. The number of nitrogens with zero attached hydrogens (tertiary/aromatic N) is 1. The van der Waals surface area contributed by atoms with Gasteiger partial charge >= 0.3 is 0 Å². The maximum absolute atomic E-state index is 6.44. The highest BCUT2D eigenvalue weighted by atomic mass is 16.5. The largest absolute Gasteiger partial charge is 0.493 e.